The Morgan fingerprint density at radius 1 is 1.30 bits per heavy atom. The van der Waals surface area contributed by atoms with Crippen LogP contribution < -0.4 is 10.6 Å². The first-order valence-electron chi connectivity index (χ1n) is 6.95. The minimum Gasteiger partial charge on any atom is -0.389 e. The molecule has 0 aliphatic rings. The fourth-order valence-electron chi connectivity index (χ4n) is 2.06. The monoisotopic (exact) mass is 333 g/mol. The number of hydrogen-bond acceptors (Lipinski definition) is 4. The zero-order valence-electron chi connectivity index (χ0n) is 12.4. The third-order valence-corrected chi connectivity index (χ3v) is 3.48. The van der Waals surface area contributed by atoms with Gasteiger partial charge in [0.2, 0.25) is 0 Å². The molecule has 6 nitrogen and oxygen atoms in total. The largest absolute Gasteiger partial charge is 0.389 e. The molecule has 0 aromatic heterocycles. The molecule has 23 heavy (non-hydrogen) atoms. The number of aliphatic hydroxyl groups excluding tert-OH is 1. The van der Waals surface area contributed by atoms with Crippen LogP contribution in [0.1, 0.15) is 24.2 Å². The topological polar surface area (TPSA) is 90.8 Å². The van der Waals surface area contributed by atoms with E-state index in [1.54, 1.807) is 0 Å². The molecule has 2 aromatic rings. The molecule has 0 radical (unpaired) electrons. The van der Waals surface area contributed by atoms with Crippen LogP contribution in [0.3, 0.4) is 0 Å². The number of carbonyl (C=O) groups is 1. The molecule has 0 aliphatic carbocycles. The maximum absolute atomic E-state index is 11.9. The molecule has 3 N–H and O–H groups in total. The molecular formula is C16H16ClN3O3. The molecule has 2 aromatic carbocycles. The highest BCUT2D eigenvalue weighted by molar-refractivity contribution is 6.33. The number of amides is 2. The van der Waals surface area contributed by atoms with Crippen molar-refractivity contribution in [3.8, 4) is 0 Å². The van der Waals surface area contributed by atoms with Crippen molar-refractivity contribution in [1.29, 1.82) is 0 Å². The van der Waals surface area contributed by atoms with Crippen LogP contribution in [0.5, 0.6) is 0 Å². The van der Waals surface area contributed by atoms with Crippen LogP contribution in [0, 0.1) is 4.91 Å². The molecule has 1 unspecified atom stereocenters. The lowest BCUT2D eigenvalue weighted by Gasteiger charge is -2.13. The summed E-state index contributed by atoms with van der Waals surface area (Å²) in [5.74, 6) is 0. The third kappa shape index (κ3) is 4.51. The highest BCUT2D eigenvalue weighted by atomic mass is 35.5. The number of anilines is 1. The minimum atomic E-state index is -0.936. The molecule has 2 amide bonds. The molecular weight excluding hydrogens is 318 g/mol. The van der Waals surface area contributed by atoms with Crippen LogP contribution in [-0.2, 0) is 6.54 Å². The van der Waals surface area contributed by atoms with Crippen molar-refractivity contribution in [3.63, 3.8) is 0 Å². The van der Waals surface area contributed by atoms with E-state index in [1.807, 2.05) is 30.3 Å². The van der Waals surface area contributed by atoms with E-state index in [4.69, 9.17) is 11.6 Å². The average molecular weight is 334 g/mol. The lowest BCUT2D eigenvalue weighted by Crippen LogP contribution is -2.28. The van der Waals surface area contributed by atoms with Gasteiger partial charge in [0.1, 0.15) is 5.69 Å². The molecule has 0 saturated carbocycles. The van der Waals surface area contributed by atoms with Crippen molar-refractivity contribution in [3.05, 3.63) is 63.5 Å². The van der Waals surface area contributed by atoms with Gasteiger partial charge in [-0.05, 0) is 29.8 Å². The summed E-state index contributed by atoms with van der Waals surface area (Å²) in [6, 6.07) is 11.9. The molecule has 120 valence electrons. The molecule has 0 fully saturated rings. The fourth-order valence-corrected chi connectivity index (χ4v) is 2.32. The highest BCUT2D eigenvalue weighted by Crippen LogP contribution is 2.36. The van der Waals surface area contributed by atoms with Gasteiger partial charge in [-0.2, -0.15) is 0 Å². The van der Waals surface area contributed by atoms with Crippen molar-refractivity contribution in [2.75, 3.05) is 5.32 Å². The Bertz CT molecular complexity index is 705. The molecule has 0 saturated heterocycles. The molecule has 7 heteroatoms. The Labute approximate surface area is 138 Å². The van der Waals surface area contributed by atoms with Gasteiger partial charge in [0.05, 0.1) is 11.1 Å². The Hall–Kier alpha value is -2.44. The number of nitrogens with one attached hydrogen (secondary N) is 2. The summed E-state index contributed by atoms with van der Waals surface area (Å²) >= 11 is 5.96. The fraction of sp³-hybridized carbons (Fsp3) is 0.188. The second-order valence-electron chi connectivity index (χ2n) is 4.96. The predicted molar refractivity (Wildman–Crippen MR) is 89.8 cm³/mol. The van der Waals surface area contributed by atoms with Crippen LogP contribution >= 0.6 is 11.6 Å². The zero-order valence-corrected chi connectivity index (χ0v) is 13.2. The predicted octanol–water partition coefficient (Wildman–Crippen LogP) is 4.11. The minimum absolute atomic E-state index is 0.0306. The first-order chi connectivity index (χ1) is 11.0. The van der Waals surface area contributed by atoms with Crippen LogP contribution in [0.25, 0.3) is 0 Å². The van der Waals surface area contributed by atoms with Crippen molar-refractivity contribution >= 4 is 29.0 Å². The number of halogens is 1. The number of urea groups is 1. The van der Waals surface area contributed by atoms with Gasteiger partial charge >= 0.3 is 6.03 Å². The Morgan fingerprint density at radius 2 is 2.00 bits per heavy atom. The molecule has 0 spiro atoms. The van der Waals surface area contributed by atoms with E-state index in [0.29, 0.717) is 12.2 Å². The summed E-state index contributed by atoms with van der Waals surface area (Å²) in [7, 11) is 0. The van der Waals surface area contributed by atoms with Crippen LogP contribution in [0.4, 0.5) is 16.2 Å². The molecule has 0 bridgehead atoms. The average Bonchev–Trinajstić information content (AvgIpc) is 2.53. The van der Waals surface area contributed by atoms with Crippen molar-refractivity contribution in [2.45, 2.75) is 19.6 Å². The van der Waals surface area contributed by atoms with Crippen LogP contribution in [-0.4, -0.2) is 11.1 Å². The summed E-state index contributed by atoms with van der Waals surface area (Å²) in [6.45, 7) is 1.86. The van der Waals surface area contributed by atoms with E-state index in [-0.39, 0.29) is 16.3 Å². The second-order valence-corrected chi connectivity index (χ2v) is 5.36. The Kier molecular flexibility index (Phi) is 5.67. The third-order valence-electron chi connectivity index (χ3n) is 3.19. The number of carbonyl (C=O) groups excluding carboxylic acids is 1. The summed E-state index contributed by atoms with van der Waals surface area (Å²) in [5, 5.41) is 17.9. The summed E-state index contributed by atoms with van der Waals surface area (Å²) in [6.07, 6.45) is -0.936. The zero-order chi connectivity index (χ0) is 16.8. The van der Waals surface area contributed by atoms with E-state index in [2.05, 4.69) is 15.8 Å². The van der Waals surface area contributed by atoms with E-state index >= 15 is 0 Å². The van der Waals surface area contributed by atoms with Gasteiger partial charge in [0.25, 0.3) is 0 Å². The van der Waals surface area contributed by atoms with Gasteiger partial charge in [-0.25, -0.2) is 4.79 Å². The van der Waals surface area contributed by atoms with Gasteiger partial charge < -0.3 is 15.7 Å². The molecule has 1 atom stereocenters. The Balaban J connectivity index is 2.07. The Morgan fingerprint density at radius 3 is 2.61 bits per heavy atom. The number of nitrogens with zero attached hydrogens (tertiary/aromatic N) is 1. The molecule has 0 aliphatic heterocycles. The van der Waals surface area contributed by atoms with Crippen LogP contribution in [0.2, 0.25) is 5.02 Å². The van der Waals surface area contributed by atoms with Gasteiger partial charge in [-0.1, -0.05) is 41.9 Å². The van der Waals surface area contributed by atoms with Crippen molar-refractivity contribution in [2.24, 2.45) is 5.18 Å². The van der Waals surface area contributed by atoms with E-state index in [1.165, 1.54) is 19.1 Å². The SMILES string of the molecule is CC(O)c1cc(NC(=O)NCc2ccccc2)cc(Cl)c1N=O. The van der Waals surface area contributed by atoms with Gasteiger partial charge in [-0.15, -0.1) is 4.91 Å². The first-order valence-corrected chi connectivity index (χ1v) is 7.32. The number of aliphatic hydroxyl groups is 1. The summed E-state index contributed by atoms with van der Waals surface area (Å²) in [4.78, 5) is 22.7. The van der Waals surface area contributed by atoms with Gasteiger partial charge in [0, 0.05) is 17.8 Å². The van der Waals surface area contributed by atoms with Crippen molar-refractivity contribution < 1.29 is 9.90 Å². The van der Waals surface area contributed by atoms with Gasteiger partial charge in [0.15, 0.2) is 0 Å². The van der Waals surface area contributed by atoms with Crippen LogP contribution in [0.15, 0.2) is 47.6 Å². The van der Waals surface area contributed by atoms with E-state index in [9.17, 15) is 14.8 Å². The number of benzene rings is 2. The van der Waals surface area contributed by atoms with E-state index in [0.717, 1.165) is 5.56 Å². The number of rotatable bonds is 5. The standard InChI is InChI=1S/C16H16ClN3O3/c1-10(21)13-7-12(8-14(17)15(13)20-23)19-16(22)18-9-11-5-3-2-4-6-11/h2-8,10,21H,9H2,1H3,(H2,18,19,22). The maximum atomic E-state index is 11.9. The first kappa shape index (κ1) is 16.9. The van der Waals surface area contributed by atoms with Gasteiger partial charge in [-0.3, -0.25) is 0 Å². The quantitative estimate of drug-likeness (QED) is 0.719. The normalized spacial score (nSPS) is 11.6. The summed E-state index contributed by atoms with van der Waals surface area (Å²) in [5.41, 5.74) is 1.55. The van der Waals surface area contributed by atoms with Crippen molar-refractivity contribution in [1.82, 2.24) is 5.32 Å². The van der Waals surface area contributed by atoms with E-state index < -0.39 is 12.1 Å². The smallest absolute Gasteiger partial charge is 0.319 e. The lowest BCUT2D eigenvalue weighted by molar-refractivity contribution is 0.200. The molecule has 0 heterocycles. The highest BCUT2D eigenvalue weighted by Gasteiger charge is 2.15. The molecule has 2 rings (SSSR count). The second kappa shape index (κ2) is 7.71. The number of nitroso groups, excluding NO2 is 1. The summed E-state index contributed by atoms with van der Waals surface area (Å²) < 4.78 is 0. The maximum Gasteiger partial charge on any atom is 0.319 e. The number of hydrogen-bond donors (Lipinski definition) is 3. The lowest BCUT2D eigenvalue weighted by atomic mass is 10.1.